The highest BCUT2D eigenvalue weighted by molar-refractivity contribution is 7.09. The number of rotatable bonds is 9. The first-order valence-corrected chi connectivity index (χ1v) is 10.0. The molecule has 2 aromatic heterocycles. The zero-order valence-corrected chi connectivity index (χ0v) is 15.7. The Morgan fingerprint density at radius 2 is 2.27 bits per heavy atom. The van der Waals surface area contributed by atoms with Gasteiger partial charge in [-0.1, -0.05) is 12.1 Å². The minimum absolute atomic E-state index is 0.0582. The third-order valence-electron chi connectivity index (χ3n) is 4.85. The van der Waals surface area contributed by atoms with Crippen LogP contribution in [0, 0.1) is 0 Å². The molecule has 1 unspecified atom stereocenters. The van der Waals surface area contributed by atoms with Crippen LogP contribution in [-0.4, -0.2) is 28.9 Å². The number of nitrogens with zero attached hydrogens (tertiary/aromatic N) is 1. The summed E-state index contributed by atoms with van der Waals surface area (Å²) in [6, 6.07) is 8.09. The van der Waals surface area contributed by atoms with Crippen LogP contribution in [-0.2, 0) is 22.4 Å². The van der Waals surface area contributed by atoms with Crippen LogP contribution in [0.15, 0.2) is 42.0 Å². The van der Waals surface area contributed by atoms with E-state index >= 15 is 0 Å². The fourth-order valence-corrected chi connectivity index (χ4v) is 4.28. The number of amides is 2. The predicted molar refractivity (Wildman–Crippen MR) is 103 cm³/mol. The van der Waals surface area contributed by atoms with E-state index in [9.17, 15) is 9.59 Å². The molecule has 1 aliphatic rings. The van der Waals surface area contributed by atoms with Crippen LogP contribution in [0.4, 0.5) is 0 Å². The van der Waals surface area contributed by atoms with Crippen LogP contribution < -0.4 is 10.6 Å². The van der Waals surface area contributed by atoms with E-state index in [-0.39, 0.29) is 17.4 Å². The number of thiophene rings is 1. The fraction of sp³-hybridized carbons (Fsp3) is 0.450. The molecule has 0 saturated carbocycles. The number of carbonyl (C=O) groups excluding carboxylic acids is 2. The Balaban J connectivity index is 1.42. The molecule has 2 aromatic rings. The highest BCUT2D eigenvalue weighted by atomic mass is 32.1. The summed E-state index contributed by atoms with van der Waals surface area (Å²) >= 11 is 1.70. The lowest BCUT2D eigenvalue weighted by Crippen LogP contribution is -2.44. The molecule has 1 fully saturated rings. The largest absolute Gasteiger partial charge is 0.356 e. The van der Waals surface area contributed by atoms with E-state index in [1.807, 2.05) is 24.4 Å². The van der Waals surface area contributed by atoms with Crippen molar-refractivity contribution in [1.82, 2.24) is 15.6 Å². The Morgan fingerprint density at radius 1 is 1.35 bits per heavy atom. The van der Waals surface area contributed by atoms with Crippen molar-refractivity contribution in [3.8, 4) is 0 Å². The van der Waals surface area contributed by atoms with Gasteiger partial charge in [-0.15, -0.1) is 11.3 Å². The number of pyridine rings is 1. The molecule has 0 bridgehead atoms. The Bertz CT molecular complexity index is 718. The zero-order chi connectivity index (χ0) is 18.2. The van der Waals surface area contributed by atoms with Gasteiger partial charge in [0, 0.05) is 48.6 Å². The third-order valence-corrected chi connectivity index (χ3v) is 5.72. The van der Waals surface area contributed by atoms with Crippen molar-refractivity contribution < 1.29 is 9.59 Å². The third kappa shape index (κ3) is 5.39. The summed E-state index contributed by atoms with van der Waals surface area (Å²) in [7, 11) is 0. The van der Waals surface area contributed by atoms with E-state index in [4.69, 9.17) is 0 Å². The van der Waals surface area contributed by atoms with Crippen LogP contribution in [0.25, 0.3) is 0 Å². The van der Waals surface area contributed by atoms with Gasteiger partial charge in [0.05, 0.1) is 0 Å². The summed E-state index contributed by atoms with van der Waals surface area (Å²) in [6.45, 7) is 0.665. The average Bonchev–Trinajstić information content (AvgIpc) is 3.28. The van der Waals surface area contributed by atoms with Crippen LogP contribution in [0.3, 0.4) is 0 Å². The van der Waals surface area contributed by atoms with Crippen molar-refractivity contribution in [2.75, 3.05) is 6.54 Å². The molecule has 138 valence electrons. The second-order valence-electron chi connectivity index (χ2n) is 6.90. The van der Waals surface area contributed by atoms with Gasteiger partial charge in [0.15, 0.2) is 0 Å². The molecule has 26 heavy (non-hydrogen) atoms. The van der Waals surface area contributed by atoms with Crippen molar-refractivity contribution in [2.24, 2.45) is 0 Å². The minimum atomic E-state index is -0.269. The first-order valence-electron chi connectivity index (χ1n) is 9.14. The molecule has 1 atom stereocenters. The van der Waals surface area contributed by atoms with Crippen LogP contribution in [0.2, 0.25) is 0 Å². The molecule has 0 aromatic carbocycles. The number of hydrogen-bond donors (Lipinski definition) is 2. The fourth-order valence-electron chi connectivity index (χ4n) is 3.44. The highest BCUT2D eigenvalue weighted by Gasteiger charge is 2.38. The Labute approximate surface area is 158 Å². The van der Waals surface area contributed by atoms with E-state index in [0.29, 0.717) is 25.8 Å². The maximum absolute atomic E-state index is 12.2. The normalized spacial score (nSPS) is 19.3. The number of nitrogens with one attached hydrogen (secondary N) is 2. The van der Waals surface area contributed by atoms with Gasteiger partial charge in [0.1, 0.15) is 0 Å². The average molecular weight is 372 g/mol. The molecule has 1 saturated heterocycles. The molecular formula is C20H25N3O2S. The topological polar surface area (TPSA) is 71.1 Å². The van der Waals surface area contributed by atoms with Crippen molar-refractivity contribution in [3.63, 3.8) is 0 Å². The smallest absolute Gasteiger partial charge is 0.220 e. The minimum Gasteiger partial charge on any atom is -0.356 e. The summed E-state index contributed by atoms with van der Waals surface area (Å²) in [6.07, 6.45) is 8.73. The lowest BCUT2D eigenvalue weighted by molar-refractivity contribution is -0.122. The lowest BCUT2D eigenvalue weighted by atomic mass is 9.87. The maximum atomic E-state index is 12.2. The molecule has 1 aliphatic heterocycles. The molecule has 3 rings (SSSR count). The number of carbonyl (C=O) groups is 2. The molecule has 5 nitrogen and oxygen atoms in total. The number of hydrogen-bond acceptors (Lipinski definition) is 4. The van der Waals surface area contributed by atoms with Gasteiger partial charge in [-0.3, -0.25) is 14.6 Å². The van der Waals surface area contributed by atoms with Crippen LogP contribution in [0.5, 0.6) is 0 Å². The van der Waals surface area contributed by atoms with E-state index in [2.05, 4.69) is 27.1 Å². The van der Waals surface area contributed by atoms with Gasteiger partial charge < -0.3 is 10.6 Å². The number of aryl methyl sites for hydroxylation is 1. The second-order valence-corrected chi connectivity index (χ2v) is 7.93. The quantitative estimate of drug-likeness (QED) is 0.666. The van der Waals surface area contributed by atoms with Gasteiger partial charge in [-0.25, -0.2) is 0 Å². The Morgan fingerprint density at radius 3 is 2.96 bits per heavy atom. The first kappa shape index (κ1) is 18.6. The van der Waals surface area contributed by atoms with Gasteiger partial charge in [0.25, 0.3) is 0 Å². The summed E-state index contributed by atoms with van der Waals surface area (Å²) in [5.41, 5.74) is 0.917. The van der Waals surface area contributed by atoms with Gasteiger partial charge in [-0.05, 0) is 48.8 Å². The summed E-state index contributed by atoms with van der Waals surface area (Å²) in [5.74, 6) is 0.154. The van der Waals surface area contributed by atoms with Crippen molar-refractivity contribution in [1.29, 1.82) is 0 Å². The van der Waals surface area contributed by atoms with E-state index < -0.39 is 0 Å². The molecule has 6 heteroatoms. The SMILES string of the molecule is O=C(CCC1(Cc2cccs2)CCC(=O)N1)NCCCc1cccnc1. The van der Waals surface area contributed by atoms with Crippen molar-refractivity contribution in [2.45, 2.75) is 50.5 Å². The number of aromatic nitrogens is 1. The van der Waals surface area contributed by atoms with Crippen LogP contribution in [0.1, 0.15) is 42.5 Å². The summed E-state index contributed by atoms with van der Waals surface area (Å²) in [5, 5.41) is 8.18. The molecule has 2 N–H and O–H groups in total. The molecule has 0 aliphatic carbocycles. The van der Waals surface area contributed by atoms with Gasteiger partial charge in [-0.2, -0.15) is 0 Å². The molecule has 3 heterocycles. The highest BCUT2D eigenvalue weighted by Crippen LogP contribution is 2.30. The second kappa shape index (κ2) is 8.94. The Hall–Kier alpha value is -2.21. The van der Waals surface area contributed by atoms with Crippen LogP contribution >= 0.6 is 11.3 Å². The summed E-state index contributed by atoms with van der Waals surface area (Å²) < 4.78 is 0. The molecule has 0 spiro atoms. The Kier molecular flexibility index (Phi) is 6.39. The monoisotopic (exact) mass is 371 g/mol. The van der Waals surface area contributed by atoms with Crippen molar-refractivity contribution >= 4 is 23.2 Å². The first-order chi connectivity index (χ1) is 12.7. The standard InChI is InChI=1S/C20H25N3O2S/c24-18(22-12-2-5-16-4-1-11-21-15-16)7-9-20(10-8-19(25)23-20)14-17-6-3-13-26-17/h1,3-4,6,11,13,15H,2,5,7-10,12,14H2,(H,22,24)(H,23,25). The van der Waals surface area contributed by atoms with Gasteiger partial charge >= 0.3 is 0 Å². The zero-order valence-electron chi connectivity index (χ0n) is 14.9. The predicted octanol–water partition coefficient (Wildman–Crippen LogP) is 2.86. The summed E-state index contributed by atoms with van der Waals surface area (Å²) in [4.78, 5) is 29.3. The molecule has 0 radical (unpaired) electrons. The van der Waals surface area contributed by atoms with E-state index in [0.717, 1.165) is 25.7 Å². The molecule has 2 amide bonds. The lowest BCUT2D eigenvalue weighted by Gasteiger charge is -2.28. The van der Waals surface area contributed by atoms with Crippen molar-refractivity contribution in [3.05, 3.63) is 52.5 Å². The molecular weight excluding hydrogens is 346 g/mol. The van der Waals surface area contributed by atoms with E-state index in [1.165, 1.54) is 10.4 Å². The maximum Gasteiger partial charge on any atom is 0.220 e. The van der Waals surface area contributed by atoms with Gasteiger partial charge in [0.2, 0.25) is 11.8 Å². The van der Waals surface area contributed by atoms with E-state index in [1.54, 1.807) is 17.5 Å².